The molecule has 0 saturated heterocycles. The molecule has 2 heteroatoms. The number of para-hydroxylation sites is 1. The van der Waals surface area contributed by atoms with E-state index in [1.54, 1.807) is 6.07 Å². The minimum atomic E-state index is 0.320. The number of fused-ring (bicyclic) bond motifs is 1. The number of phenols is 1. The number of hydrogen-bond acceptors (Lipinski definition) is 1. The fourth-order valence-corrected chi connectivity index (χ4v) is 3.08. The zero-order valence-electron chi connectivity index (χ0n) is 12.7. The van der Waals surface area contributed by atoms with Crippen LogP contribution in [0.2, 0.25) is 0 Å². The Balaban J connectivity index is 1.95. The van der Waals surface area contributed by atoms with Crippen molar-refractivity contribution in [3.05, 3.63) is 90.5 Å². The highest BCUT2D eigenvalue weighted by Crippen LogP contribution is 2.33. The van der Waals surface area contributed by atoms with Gasteiger partial charge in [0.15, 0.2) is 0 Å². The fourth-order valence-electron chi connectivity index (χ4n) is 3.08. The Hall–Kier alpha value is -3.00. The summed E-state index contributed by atoms with van der Waals surface area (Å²) in [5.41, 5.74) is 4.37. The summed E-state index contributed by atoms with van der Waals surface area (Å²) in [6, 6.07) is 28.5. The van der Waals surface area contributed by atoms with Crippen molar-refractivity contribution in [3.8, 4) is 17.0 Å². The van der Waals surface area contributed by atoms with E-state index < -0.39 is 0 Å². The van der Waals surface area contributed by atoms with Crippen LogP contribution in [-0.4, -0.2) is 9.67 Å². The molecule has 0 fully saturated rings. The van der Waals surface area contributed by atoms with Crippen molar-refractivity contribution >= 4 is 10.9 Å². The summed E-state index contributed by atoms with van der Waals surface area (Å²) < 4.78 is 2.19. The average molecular weight is 299 g/mol. The molecule has 1 N–H and O–H groups in total. The smallest absolute Gasteiger partial charge is 0.139 e. The molecule has 0 amide bonds. The van der Waals surface area contributed by atoms with Gasteiger partial charge in [-0.1, -0.05) is 72.8 Å². The molecule has 0 saturated carbocycles. The molecule has 0 aliphatic rings. The highest BCUT2D eigenvalue weighted by molar-refractivity contribution is 5.91. The molecule has 0 spiro atoms. The highest BCUT2D eigenvalue weighted by Gasteiger charge is 2.13. The second-order valence-electron chi connectivity index (χ2n) is 5.68. The monoisotopic (exact) mass is 299 g/mol. The molecular formula is C21H17NO. The van der Waals surface area contributed by atoms with Crippen LogP contribution in [0.25, 0.3) is 22.2 Å². The van der Waals surface area contributed by atoms with Crippen LogP contribution in [0, 0.1) is 0 Å². The van der Waals surface area contributed by atoms with Gasteiger partial charge in [-0.25, -0.2) is 0 Å². The quantitative estimate of drug-likeness (QED) is 0.562. The molecule has 23 heavy (non-hydrogen) atoms. The number of aromatic hydroxyl groups is 1. The molecule has 2 nitrogen and oxygen atoms in total. The topological polar surface area (TPSA) is 25.2 Å². The van der Waals surface area contributed by atoms with E-state index in [0.717, 1.165) is 28.7 Å². The fraction of sp³-hybridized carbons (Fsp3) is 0.0476. The summed E-state index contributed by atoms with van der Waals surface area (Å²) >= 11 is 0. The first-order chi connectivity index (χ1) is 11.3. The molecule has 112 valence electrons. The molecule has 0 aliphatic heterocycles. The Morgan fingerprint density at radius 3 is 2.17 bits per heavy atom. The van der Waals surface area contributed by atoms with Gasteiger partial charge in [-0.15, -0.1) is 0 Å². The van der Waals surface area contributed by atoms with Crippen LogP contribution in [0.15, 0.2) is 84.9 Å². The third-order valence-corrected chi connectivity index (χ3v) is 4.15. The lowest BCUT2D eigenvalue weighted by atomic mass is 10.1. The Bertz CT molecular complexity index is 940. The van der Waals surface area contributed by atoms with E-state index >= 15 is 0 Å². The number of hydrogen-bond donors (Lipinski definition) is 1. The van der Waals surface area contributed by atoms with Crippen LogP contribution in [-0.2, 0) is 6.54 Å². The largest absolute Gasteiger partial charge is 0.506 e. The van der Waals surface area contributed by atoms with Gasteiger partial charge >= 0.3 is 0 Å². The van der Waals surface area contributed by atoms with E-state index in [4.69, 9.17) is 0 Å². The number of rotatable bonds is 3. The van der Waals surface area contributed by atoms with Crippen LogP contribution in [0.5, 0.6) is 5.75 Å². The number of nitrogens with zero attached hydrogens (tertiary/aromatic N) is 1. The summed E-state index contributed by atoms with van der Waals surface area (Å²) in [6.45, 7) is 0.728. The predicted molar refractivity (Wildman–Crippen MR) is 94.6 cm³/mol. The van der Waals surface area contributed by atoms with Gasteiger partial charge in [-0.3, -0.25) is 0 Å². The van der Waals surface area contributed by atoms with Crippen LogP contribution in [0.3, 0.4) is 0 Å². The number of benzene rings is 3. The summed E-state index contributed by atoms with van der Waals surface area (Å²) in [4.78, 5) is 0. The normalized spacial score (nSPS) is 11.0. The van der Waals surface area contributed by atoms with E-state index in [1.165, 1.54) is 5.56 Å². The van der Waals surface area contributed by atoms with Crippen LogP contribution < -0.4 is 0 Å². The molecule has 1 heterocycles. The summed E-state index contributed by atoms with van der Waals surface area (Å²) in [6.07, 6.45) is 0. The lowest BCUT2D eigenvalue weighted by molar-refractivity contribution is 0.478. The first-order valence-corrected chi connectivity index (χ1v) is 7.73. The van der Waals surface area contributed by atoms with Gasteiger partial charge in [0.2, 0.25) is 0 Å². The zero-order chi connectivity index (χ0) is 15.6. The van der Waals surface area contributed by atoms with Crippen molar-refractivity contribution in [2.24, 2.45) is 0 Å². The molecule has 0 aliphatic carbocycles. The Morgan fingerprint density at radius 1 is 0.739 bits per heavy atom. The van der Waals surface area contributed by atoms with Gasteiger partial charge in [-0.2, -0.15) is 0 Å². The highest BCUT2D eigenvalue weighted by atomic mass is 16.3. The zero-order valence-corrected chi connectivity index (χ0v) is 12.7. The molecule has 0 atom stereocenters. The standard InChI is InChI=1S/C21H17NO/c23-20-13-7-12-18-14-19(17-10-5-2-6-11-17)22(21(18)20)15-16-8-3-1-4-9-16/h1-14,23H,15H2. The average Bonchev–Trinajstić information content (AvgIpc) is 2.96. The molecular weight excluding hydrogens is 282 g/mol. The van der Waals surface area contributed by atoms with Crippen molar-refractivity contribution in [1.29, 1.82) is 0 Å². The molecule has 1 aromatic heterocycles. The van der Waals surface area contributed by atoms with Gasteiger partial charge < -0.3 is 9.67 Å². The molecule has 0 unspecified atom stereocenters. The molecule has 3 aromatic carbocycles. The minimum Gasteiger partial charge on any atom is -0.506 e. The third kappa shape index (κ3) is 2.49. The molecule has 0 bridgehead atoms. The third-order valence-electron chi connectivity index (χ3n) is 4.15. The van der Waals surface area contributed by atoms with Gasteiger partial charge in [0.25, 0.3) is 0 Å². The Labute approximate surface area is 135 Å². The molecule has 0 radical (unpaired) electrons. The summed E-state index contributed by atoms with van der Waals surface area (Å²) in [5.74, 6) is 0.320. The van der Waals surface area contributed by atoms with E-state index in [1.807, 2.05) is 48.5 Å². The number of phenolic OH excluding ortho intramolecular Hbond substituents is 1. The number of aromatic nitrogens is 1. The molecule has 4 aromatic rings. The maximum Gasteiger partial charge on any atom is 0.139 e. The van der Waals surface area contributed by atoms with Crippen LogP contribution in [0.4, 0.5) is 0 Å². The first-order valence-electron chi connectivity index (χ1n) is 7.73. The summed E-state index contributed by atoms with van der Waals surface area (Å²) in [7, 11) is 0. The van der Waals surface area contributed by atoms with Crippen molar-refractivity contribution in [3.63, 3.8) is 0 Å². The second kappa shape index (κ2) is 5.65. The van der Waals surface area contributed by atoms with Gasteiger partial charge in [0, 0.05) is 17.6 Å². The van der Waals surface area contributed by atoms with Crippen molar-refractivity contribution < 1.29 is 5.11 Å². The molecule has 4 rings (SSSR count). The van der Waals surface area contributed by atoms with E-state index in [0.29, 0.717) is 5.75 Å². The summed E-state index contributed by atoms with van der Waals surface area (Å²) in [5, 5.41) is 11.4. The SMILES string of the molecule is Oc1cccc2cc(-c3ccccc3)n(Cc3ccccc3)c12. The Morgan fingerprint density at radius 2 is 1.43 bits per heavy atom. The second-order valence-corrected chi connectivity index (χ2v) is 5.68. The van der Waals surface area contributed by atoms with E-state index in [-0.39, 0.29) is 0 Å². The van der Waals surface area contributed by atoms with Crippen LogP contribution >= 0.6 is 0 Å². The minimum absolute atomic E-state index is 0.320. The predicted octanol–water partition coefficient (Wildman–Crippen LogP) is 5.06. The van der Waals surface area contributed by atoms with Gasteiger partial charge in [0.05, 0.1) is 5.52 Å². The van der Waals surface area contributed by atoms with Crippen molar-refractivity contribution in [2.45, 2.75) is 6.54 Å². The van der Waals surface area contributed by atoms with E-state index in [2.05, 4.69) is 34.9 Å². The Kier molecular flexibility index (Phi) is 3.35. The maximum atomic E-state index is 10.4. The maximum absolute atomic E-state index is 10.4. The van der Waals surface area contributed by atoms with Crippen molar-refractivity contribution in [1.82, 2.24) is 4.57 Å². The first kappa shape index (κ1) is 13.6. The van der Waals surface area contributed by atoms with Gasteiger partial charge in [-0.05, 0) is 23.3 Å². The lowest BCUT2D eigenvalue weighted by Gasteiger charge is -2.12. The lowest BCUT2D eigenvalue weighted by Crippen LogP contribution is -2.01. The van der Waals surface area contributed by atoms with Crippen molar-refractivity contribution in [2.75, 3.05) is 0 Å². The van der Waals surface area contributed by atoms with E-state index in [9.17, 15) is 5.11 Å². The van der Waals surface area contributed by atoms with Gasteiger partial charge in [0.1, 0.15) is 5.75 Å². The van der Waals surface area contributed by atoms with Crippen LogP contribution in [0.1, 0.15) is 5.56 Å².